The molecule has 0 saturated heterocycles. The average Bonchev–Trinajstić information content (AvgIpc) is 2.66. The maximum Gasteiger partial charge on any atom is 0.320 e. The van der Waals surface area contributed by atoms with Gasteiger partial charge in [0.1, 0.15) is 10.7 Å². The fourth-order valence-corrected chi connectivity index (χ4v) is 4.02. The predicted molar refractivity (Wildman–Crippen MR) is 72.4 cm³/mol. The Labute approximate surface area is 116 Å². The van der Waals surface area contributed by atoms with Gasteiger partial charge < -0.3 is 9.84 Å². The summed E-state index contributed by atoms with van der Waals surface area (Å²) in [4.78, 5) is 24.6. The number of esters is 1. The highest BCUT2D eigenvalue weighted by Gasteiger charge is 2.54. The molecule has 5 heteroatoms. The van der Waals surface area contributed by atoms with E-state index in [4.69, 9.17) is 4.74 Å². The zero-order valence-electron chi connectivity index (χ0n) is 11.1. The first kappa shape index (κ1) is 13.9. The molecule has 1 aromatic rings. The number of carboxylic acid groups (broad SMARTS) is 1. The Kier molecular flexibility index (Phi) is 3.58. The Hall–Kier alpha value is -1.49. The van der Waals surface area contributed by atoms with E-state index in [-0.39, 0.29) is 6.61 Å². The van der Waals surface area contributed by atoms with Gasteiger partial charge in [0.05, 0.1) is 6.61 Å². The Morgan fingerprint density at radius 2 is 2.16 bits per heavy atom. The predicted octanol–water partition coefficient (Wildman–Crippen LogP) is 2.37. The lowest BCUT2D eigenvalue weighted by molar-refractivity contribution is -0.151. The smallest absolute Gasteiger partial charge is 0.320 e. The van der Waals surface area contributed by atoms with Gasteiger partial charge in [0.15, 0.2) is 0 Å². The van der Waals surface area contributed by atoms with Crippen LogP contribution in [-0.2, 0) is 19.7 Å². The Bertz CT molecular complexity index is 540. The minimum absolute atomic E-state index is 0.251. The van der Waals surface area contributed by atoms with Crippen LogP contribution in [0.2, 0.25) is 0 Å². The number of carbonyl (C=O) groups is 2. The summed E-state index contributed by atoms with van der Waals surface area (Å²) in [5.41, 5.74) is 0.379. The number of thioether (sulfide) groups is 1. The second-order valence-electron chi connectivity index (χ2n) is 4.71. The van der Waals surface area contributed by atoms with Crippen molar-refractivity contribution in [3.05, 3.63) is 29.3 Å². The third-order valence-corrected chi connectivity index (χ3v) is 4.96. The van der Waals surface area contributed by atoms with Gasteiger partial charge in [-0.3, -0.25) is 9.59 Å². The SMILES string of the molecule is CCOC(=O)C1Sc2cccc(C)c2C1(C)C(=O)O. The standard InChI is InChI=1S/C14H16O4S/c1-4-18-12(15)11-14(3,13(16)17)10-8(2)6-5-7-9(10)19-11/h5-7,11H,4H2,1-3H3,(H,16,17). The van der Waals surface area contributed by atoms with Gasteiger partial charge in [-0.25, -0.2) is 0 Å². The van der Waals surface area contributed by atoms with Crippen molar-refractivity contribution in [3.8, 4) is 0 Å². The number of carboxylic acids is 1. The van der Waals surface area contributed by atoms with Crippen molar-refractivity contribution < 1.29 is 19.4 Å². The molecule has 1 aliphatic rings. The zero-order valence-corrected chi connectivity index (χ0v) is 11.9. The molecule has 1 aromatic carbocycles. The number of hydrogen-bond acceptors (Lipinski definition) is 4. The summed E-state index contributed by atoms with van der Waals surface area (Å²) in [5.74, 6) is -1.46. The third kappa shape index (κ3) is 2.02. The number of aliphatic carboxylic acids is 1. The molecule has 2 unspecified atom stereocenters. The fraction of sp³-hybridized carbons (Fsp3) is 0.429. The van der Waals surface area contributed by atoms with E-state index >= 15 is 0 Å². The van der Waals surface area contributed by atoms with Crippen LogP contribution >= 0.6 is 11.8 Å². The van der Waals surface area contributed by atoms with Crippen molar-refractivity contribution in [3.63, 3.8) is 0 Å². The second kappa shape index (κ2) is 4.89. The van der Waals surface area contributed by atoms with Crippen LogP contribution in [0.5, 0.6) is 0 Å². The molecule has 0 aliphatic carbocycles. The van der Waals surface area contributed by atoms with Crippen molar-refractivity contribution in [1.82, 2.24) is 0 Å². The summed E-state index contributed by atoms with van der Waals surface area (Å²) < 4.78 is 5.02. The lowest BCUT2D eigenvalue weighted by Crippen LogP contribution is -2.44. The number of rotatable bonds is 3. The van der Waals surface area contributed by atoms with Gasteiger partial charge in [-0.15, -0.1) is 11.8 Å². The third-order valence-electron chi connectivity index (χ3n) is 3.47. The molecule has 1 aliphatic heterocycles. The fourth-order valence-electron chi connectivity index (χ4n) is 2.50. The van der Waals surface area contributed by atoms with Gasteiger partial charge in [-0.2, -0.15) is 0 Å². The Morgan fingerprint density at radius 1 is 1.47 bits per heavy atom. The highest BCUT2D eigenvalue weighted by molar-refractivity contribution is 8.01. The maximum absolute atomic E-state index is 12.0. The summed E-state index contributed by atoms with van der Waals surface area (Å²) >= 11 is 1.28. The molecule has 19 heavy (non-hydrogen) atoms. The normalized spacial score (nSPS) is 24.9. The number of fused-ring (bicyclic) bond motifs is 1. The summed E-state index contributed by atoms with van der Waals surface area (Å²) in [5, 5.41) is 8.87. The molecule has 0 amide bonds. The summed E-state index contributed by atoms with van der Waals surface area (Å²) in [6.45, 7) is 5.44. The highest BCUT2D eigenvalue weighted by Crippen LogP contribution is 2.51. The number of hydrogen-bond donors (Lipinski definition) is 1. The minimum Gasteiger partial charge on any atom is -0.481 e. The quantitative estimate of drug-likeness (QED) is 0.861. The van der Waals surface area contributed by atoms with E-state index in [9.17, 15) is 14.7 Å². The lowest BCUT2D eigenvalue weighted by atomic mass is 9.77. The second-order valence-corrected chi connectivity index (χ2v) is 5.85. The molecule has 0 bridgehead atoms. The molecular formula is C14H16O4S. The highest BCUT2D eigenvalue weighted by atomic mass is 32.2. The van der Waals surface area contributed by atoms with Crippen LogP contribution in [-0.4, -0.2) is 28.9 Å². The first-order chi connectivity index (χ1) is 8.92. The average molecular weight is 280 g/mol. The van der Waals surface area contributed by atoms with E-state index in [1.165, 1.54) is 11.8 Å². The molecule has 0 saturated carbocycles. The molecule has 2 rings (SSSR count). The molecular weight excluding hydrogens is 264 g/mol. The van der Waals surface area contributed by atoms with E-state index < -0.39 is 22.6 Å². The van der Waals surface area contributed by atoms with Crippen LogP contribution in [0.1, 0.15) is 25.0 Å². The largest absolute Gasteiger partial charge is 0.481 e. The molecule has 0 fully saturated rings. The Balaban J connectivity index is 2.55. The molecule has 1 N–H and O–H groups in total. The first-order valence-electron chi connectivity index (χ1n) is 6.09. The monoisotopic (exact) mass is 280 g/mol. The van der Waals surface area contributed by atoms with Crippen LogP contribution in [0.15, 0.2) is 23.1 Å². The number of ether oxygens (including phenoxy) is 1. The molecule has 2 atom stereocenters. The van der Waals surface area contributed by atoms with Gasteiger partial charge in [0.2, 0.25) is 0 Å². The molecule has 4 nitrogen and oxygen atoms in total. The van der Waals surface area contributed by atoms with Crippen LogP contribution < -0.4 is 0 Å². The van der Waals surface area contributed by atoms with Gasteiger partial charge in [0, 0.05) is 4.90 Å². The van der Waals surface area contributed by atoms with E-state index in [0.29, 0.717) is 0 Å². The van der Waals surface area contributed by atoms with Gasteiger partial charge >= 0.3 is 11.9 Å². The van der Waals surface area contributed by atoms with Crippen LogP contribution in [0.25, 0.3) is 0 Å². The number of aryl methyl sites for hydroxylation is 1. The lowest BCUT2D eigenvalue weighted by Gasteiger charge is -2.26. The van der Waals surface area contributed by atoms with Crippen LogP contribution in [0, 0.1) is 6.92 Å². The van der Waals surface area contributed by atoms with Gasteiger partial charge in [-0.1, -0.05) is 12.1 Å². The first-order valence-corrected chi connectivity index (χ1v) is 6.97. The van der Waals surface area contributed by atoms with Crippen molar-refractivity contribution in [2.24, 2.45) is 0 Å². The summed E-state index contributed by atoms with van der Waals surface area (Å²) in [6, 6.07) is 5.60. The van der Waals surface area contributed by atoms with Crippen molar-refractivity contribution in [2.75, 3.05) is 6.61 Å². The van der Waals surface area contributed by atoms with Crippen molar-refractivity contribution in [1.29, 1.82) is 0 Å². The van der Waals surface area contributed by atoms with E-state index in [2.05, 4.69) is 0 Å². The van der Waals surface area contributed by atoms with Gasteiger partial charge in [0.25, 0.3) is 0 Å². The van der Waals surface area contributed by atoms with Crippen LogP contribution in [0.4, 0.5) is 0 Å². The molecule has 0 aromatic heterocycles. The summed E-state index contributed by atoms with van der Waals surface area (Å²) in [7, 11) is 0. The molecule has 1 heterocycles. The minimum atomic E-state index is -1.24. The van der Waals surface area contributed by atoms with Crippen molar-refractivity contribution in [2.45, 2.75) is 36.3 Å². The maximum atomic E-state index is 12.0. The van der Waals surface area contributed by atoms with E-state index in [1.807, 2.05) is 25.1 Å². The topological polar surface area (TPSA) is 63.6 Å². The molecule has 102 valence electrons. The Morgan fingerprint density at radius 3 is 2.74 bits per heavy atom. The van der Waals surface area contributed by atoms with E-state index in [1.54, 1.807) is 13.8 Å². The van der Waals surface area contributed by atoms with Crippen LogP contribution in [0.3, 0.4) is 0 Å². The number of carbonyl (C=O) groups excluding carboxylic acids is 1. The summed E-state index contributed by atoms with van der Waals surface area (Å²) in [6.07, 6.45) is 0. The zero-order chi connectivity index (χ0) is 14.2. The number of benzene rings is 1. The van der Waals surface area contributed by atoms with Gasteiger partial charge in [-0.05, 0) is 38.0 Å². The molecule has 0 radical (unpaired) electrons. The molecule has 0 spiro atoms. The van der Waals surface area contributed by atoms with E-state index in [0.717, 1.165) is 16.0 Å². The van der Waals surface area contributed by atoms with Crippen molar-refractivity contribution >= 4 is 23.7 Å².